The van der Waals surface area contributed by atoms with Crippen molar-refractivity contribution in [2.24, 2.45) is 5.16 Å². The van der Waals surface area contributed by atoms with Gasteiger partial charge in [-0.25, -0.2) is 4.79 Å². The van der Waals surface area contributed by atoms with Crippen LogP contribution in [0.5, 0.6) is 11.5 Å². The molecule has 0 saturated carbocycles. The van der Waals surface area contributed by atoms with Gasteiger partial charge in [0.25, 0.3) is 0 Å². The third-order valence-electron chi connectivity index (χ3n) is 2.24. The van der Waals surface area contributed by atoms with Crippen LogP contribution in [0, 0.1) is 0 Å². The maximum absolute atomic E-state index is 10.5. The van der Waals surface area contributed by atoms with Crippen molar-refractivity contribution in [1.29, 1.82) is 0 Å². The fourth-order valence-electron chi connectivity index (χ4n) is 1.41. The molecule has 0 saturated heterocycles. The van der Waals surface area contributed by atoms with Crippen LogP contribution in [0.3, 0.4) is 0 Å². The minimum Gasteiger partial charge on any atom is -0.457 e. The summed E-state index contributed by atoms with van der Waals surface area (Å²) in [6.45, 7) is 1.30. The Bertz CT molecular complexity index is 562. The minimum absolute atomic E-state index is 0.444. The lowest BCUT2D eigenvalue weighted by atomic mass is 10.2. The summed E-state index contributed by atoms with van der Waals surface area (Å²) in [4.78, 5) is 15.0. The van der Waals surface area contributed by atoms with Crippen LogP contribution in [0.15, 0.2) is 59.8 Å². The van der Waals surface area contributed by atoms with Crippen LogP contribution in [0.2, 0.25) is 0 Å². The monoisotopic (exact) mass is 255 g/mol. The molecule has 0 fully saturated rings. The third kappa shape index (κ3) is 4.27. The summed E-state index contributed by atoms with van der Waals surface area (Å²) in [5, 5.41) is 3.54. The van der Waals surface area contributed by atoms with E-state index in [0.29, 0.717) is 0 Å². The number of carbonyl (C=O) groups is 1. The summed E-state index contributed by atoms with van der Waals surface area (Å²) in [6.07, 6.45) is 1.47. The molecule has 0 aromatic heterocycles. The number of carbonyl (C=O) groups excluding carboxylic acids is 1. The van der Waals surface area contributed by atoms with Gasteiger partial charge in [0, 0.05) is 6.92 Å². The van der Waals surface area contributed by atoms with E-state index in [9.17, 15) is 4.79 Å². The van der Waals surface area contributed by atoms with Crippen LogP contribution >= 0.6 is 0 Å². The van der Waals surface area contributed by atoms with Gasteiger partial charge in [0.05, 0.1) is 6.21 Å². The molecule has 0 amide bonds. The Balaban J connectivity index is 1.98. The lowest BCUT2D eigenvalue weighted by Crippen LogP contribution is -1.91. The van der Waals surface area contributed by atoms with E-state index in [0.717, 1.165) is 17.1 Å². The summed E-state index contributed by atoms with van der Waals surface area (Å²) < 4.78 is 5.65. The normalized spacial score (nSPS) is 10.4. The fraction of sp³-hybridized carbons (Fsp3) is 0.0667. The predicted octanol–water partition coefficient (Wildman–Crippen LogP) is 3.38. The average Bonchev–Trinajstić information content (AvgIpc) is 2.42. The Labute approximate surface area is 111 Å². The average molecular weight is 255 g/mol. The molecule has 0 spiro atoms. The van der Waals surface area contributed by atoms with Crippen molar-refractivity contribution in [2.45, 2.75) is 6.92 Å². The first-order valence-corrected chi connectivity index (χ1v) is 5.78. The van der Waals surface area contributed by atoms with Gasteiger partial charge in [-0.1, -0.05) is 23.4 Å². The highest BCUT2D eigenvalue weighted by Crippen LogP contribution is 2.20. The fourth-order valence-corrected chi connectivity index (χ4v) is 1.41. The summed E-state index contributed by atoms with van der Waals surface area (Å²) in [6, 6.07) is 16.8. The lowest BCUT2D eigenvalue weighted by Gasteiger charge is -2.05. The molecule has 0 bridgehead atoms. The van der Waals surface area contributed by atoms with Crippen molar-refractivity contribution in [2.75, 3.05) is 0 Å². The van der Waals surface area contributed by atoms with Crippen LogP contribution < -0.4 is 4.74 Å². The Kier molecular flexibility index (Phi) is 4.29. The first kappa shape index (κ1) is 12.8. The van der Waals surface area contributed by atoms with E-state index in [2.05, 4.69) is 9.99 Å². The van der Waals surface area contributed by atoms with Gasteiger partial charge < -0.3 is 9.57 Å². The second-order valence-corrected chi connectivity index (χ2v) is 3.80. The molecule has 0 N–H and O–H groups in total. The summed E-state index contributed by atoms with van der Waals surface area (Å²) in [5.41, 5.74) is 0.821. The number of rotatable bonds is 4. The third-order valence-corrected chi connectivity index (χ3v) is 2.24. The number of benzene rings is 2. The van der Waals surface area contributed by atoms with Gasteiger partial charge in [-0.3, -0.25) is 0 Å². The minimum atomic E-state index is -0.444. The number of hydrogen-bond acceptors (Lipinski definition) is 4. The van der Waals surface area contributed by atoms with Gasteiger partial charge in [0.2, 0.25) is 0 Å². The Morgan fingerprint density at radius 3 is 2.26 bits per heavy atom. The molecule has 0 unspecified atom stereocenters. The number of oxime groups is 1. The molecule has 2 rings (SSSR count). The zero-order valence-electron chi connectivity index (χ0n) is 10.4. The molecule has 0 aliphatic rings. The molecule has 0 heterocycles. The van der Waals surface area contributed by atoms with Crippen LogP contribution in [0.4, 0.5) is 0 Å². The highest BCUT2D eigenvalue weighted by atomic mass is 16.7. The molecule has 0 aliphatic carbocycles. The van der Waals surface area contributed by atoms with Crippen molar-refractivity contribution in [3.8, 4) is 11.5 Å². The Morgan fingerprint density at radius 1 is 1.00 bits per heavy atom. The van der Waals surface area contributed by atoms with E-state index < -0.39 is 5.97 Å². The van der Waals surface area contributed by atoms with Crippen LogP contribution in [-0.4, -0.2) is 12.2 Å². The molecule has 2 aromatic carbocycles. The van der Waals surface area contributed by atoms with E-state index in [1.54, 1.807) is 0 Å². The molecule has 0 aliphatic heterocycles. The van der Waals surface area contributed by atoms with Gasteiger partial charge in [0.1, 0.15) is 11.5 Å². The lowest BCUT2D eigenvalue weighted by molar-refractivity contribution is -0.140. The van der Waals surface area contributed by atoms with Crippen molar-refractivity contribution in [1.82, 2.24) is 0 Å². The highest BCUT2D eigenvalue weighted by Gasteiger charge is 1.96. The largest absolute Gasteiger partial charge is 0.457 e. The van der Waals surface area contributed by atoms with Crippen molar-refractivity contribution in [3.63, 3.8) is 0 Å². The summed E-state index contributed by atoms with van der Waals surface area (Å²) >= 11 is 0. The van der Waals surface area contributed by atoms with E-state index in [4.69, 9.17) is 4.74 Å². The molecule has 4 heteroatoms. The first-order chi connectivity index (χ1) is 9.24. The van der Waals surface area contributed by atoms with E-state index in [1.165, 1.54) is 13.1 Å². The topological polar surface area (TPSA) is 47.9 Å². The Hall–Kier alpha value is -2.62. The first-order valence-electron chi connectivity index (χ1n) is 5.78. The predicted molar refractivity (Wildman–Crippen MR) is 72.3 cm³/mol. The van der Waals surface area contributed by atoms with E-state index >= 15 is 0 Å². The maximum Gasteiger partial charge on any atom is 0.331 e. The number of ether oxygens (including phenoxy) is 1. The SMILES string of the molecule is CC(=O)O/N=C/c1ccc(Oc2ccccc2)cc1. The molecule has 19 heavy (non-hydrogen) atoms. The van der Waals surface area contributed by atoms with Gasteiger partial charge >= 0.3 is 5.97 Å². The van der Waals surface area contributed by atoms with Crippen LogP contribution in [-0.2, 0) is 9.63 Å². The molecule has 0 radical (unpaired) electrons. The second kappa shape index (κ2) is 6.35. The van der Waals surface area contributed by atoms with Crippen molar-refractivity contribution in [3.05, 3.63) is 60.2 Å². The van der Waals surface area contributed by atoms with Crippen LogP contribution in [0.25, 0.3) is 0 Å². The van der Waals surface area contributed by atoms with Gasteiger partial charge in [-0.05, 0) is 42.0 Å². The van der Waals surface area contributed by atoms with Gasteiger partial charge in [-0.2, -0.15) is 0 Å². The van der Waals surface area contributed by atoms with Crippen molar-refractivity contribution < 1.29 is 14.4 Å². The molecule has 0 atom stereocenters. The number of hydrogen-bond donors (Lipinski definition) is 0. The van der Waals surface area contributed by atoms with Crippen molar-refractivity contribution >= 4 is 12.2 Å². The van der Waals surface area contributed by atoms with Crippen LogP contribution in [0.1, 0.15) is 12.5 Å². The Morgan fingerprint density at radius 2 is 1.63 bits per heavy atom. The van der Waals surface area contributed by atoms with Gasteiger partial charge in [-0.15, -0.1) is 0 Å². The molecule has 2 aromatic rings. The standard InChI is InChI=1S/C15H13NO3/c1-12(17)19-16-11-13-7-9-15(10-8-13)18-14-5-3-2-4-6-14/h2-11H,1H3/b16-11+. The zero-order valence-corrected chi connectivity index (χ0v) is 10.4. The number of nitrogens with zero attached hydrogens (tertiary/aromatic N) is 1. The highest BCUT2D eigenvalue weighted by molar-refractivity contribution is 5.80. The van der Waals surface area contributed by atoms with E-state index in [1.807, 2.05) is 54.6 Å². The molecule has 4 nitrogen and oxygen atoms in total. The number of para-hydroxylation sites is 1. The second-order valence-electron chi connectivity index (χ2n) is 3.80. The van der Waals surface area contributed by atoms with Gasteiger partial charge in [0.15, 0.2) is 0 Å². The molecule has 96 valence electrons. The smallest absolute Gasteiger partial charge is 0.331 e. The van der Waals surface area contributed by atoms with E-state index in [-0.39, 0.29) is 0 Å². The summed E-state index contributed by atoms with van der Waals surface area (Å²) in [7, 11) is 0. The molecular formula is C15H13NO3. The zero-order chi connectivity index (χ0) is 13.5. The maximum atomic E-state index is 10.5. The quantitative estimate of drug-likeness (QED) is 0.478. The summed E-state index contributed by atoms with van der Waals surface area (Å²) in [5.74, 6) is 1.07. The molecular weight excluding hydrogens is 242 g/mol.